The fraction of sp³-hybridized carbons (Fsp3) is 0.471. The van der Waals surface area contributed by atoms with Crippen LogP contribution in [0.15, 0.2) is 36.8 Å². The van der Waals surface area contributed by atoms with Crippen molar-refractivity contribution < 1.29 is 0 Å². The Hall–Kier alpha value is -1.81. The molecule has 0 bridgehead atoms. The summed E-state index contributed by atoms with van der Waals surface area (Å²) in [5.41, 5.74) is 10.1. The summed E-state index contributed by atoms with van der Waals surface area (Å²) in [6.45, 7) is 6.03. The number of benzene rings is 1. The van der Waals surface area contributed by atoms with Crippen LogP contribution in [0, 0.1) is 0 Å². The van der Waals surface area contributed by atoms with Crippen LogP contribution in [-0.4, -0.2) is 22.6 Å². The van der Waals surface area contributed by atoms with Crippen LogP contribution in [0.4, 0.5) is 5.69 Å². The Kier molecular flexibility index (Phi) is 3.97. The Morgan fingerprint density at radius 1 is 1.29 bits per heavy atom. The van der Waals surface area contributed by atoms with Gasteiger partial charge in [-0.15, -0.1) is 0 Å². The molecule has 1 aromatic carbocycles. The van der Waals surface area contributed by atoms with Crippen LogP contribution < -0.4 is 10.6 Å². The predicted octanol–water partition coefficient (Wildman–Crippen LogP) is 2.92. The molecule has 3 rings (SSSR count). The van der Waals surface area contributed by atoms with Gasteiger partial charge in [0.2, 0.25) is 0 Å². The topological polar surface area (TPSA) is 47.1 Å². The third kappa shape index (κ3) is 2.56. The minimum Gasteiger partial charge on any atom is -0.361 e. The number of aromatic nitrogens is 2. The zero-order valence-corrected chi connectivity index (χ0v) is 12.9. The average molecular weight is 284 g/mol. The summed E-state index contributed by atoms with van der Waals surface area (Å²) in [5, 5.41) is 0. The lowest BCUT2D eigenvalue weighted by Gasteiger charge is -2.38. The largest absolute Gasteiger partial charge is 0.361 e. The lowest BCUT2D eigenvalue weighted by atomic mass is 9.99. The van der Waals surface area contributed by atoms with E-state index >= 15 is 0 Å². The monoisotopic (exact) mass is 284 g/mol. The highest BCUT2D eigenvalue weighted by atomic mass is 15.2. The number of para-hydroxylation sites is 1. The fourth-order valence-corrected chi connectivity index (χ4v) is 3.30. The number of rotatable bonds is 4. The number of anilines is 1. The molecule has 2 heterocycles. The van der Waals surface area contributed by atoms with E-state index in [1.54, 1.807) is 0 Å². The van der Waals surface area contributed by atoms with E-state index in [-0.39, 0.29) is 6.04 Å². The molecule has 1 unspecified atom stereocenters. The predicted molar refractivity (Wildman–Crippen MR) is 86.5 cm³/mol. The van der Waals surface area contributed by atoms with Gasteiger partial charge in [-0.25, -0.2) is 4.98 Å². The number of imidazole rings is 1. The van der Waals surface area contributed by atoms with E-state index in [9.17, 15) is 0 Å². The molecular formula is C17H24N4. The van der Waals surface area contributed by atoms with E-state index in [1.807, 2.05) is 12.5 Å². The Balaban J connectivity index is 2.00. The van der Waals surface area contributed by atoms with Gasteiger partial charge in [0.05, 0.1) is 24.3 Å². The van der Waals surface area contributed by atoms with Crippen molar-refractivity contribution in [1.29, 1.82) is 0 Å². The summed E-state index contributed by atoms with van der Waals surface area (Å²) in [7, 11) is 0. The molecule has 0 aliphatic carbocycles. The molecule has 1 aliphatic rings. The van der Waals surface area contributed by atoms with Crippen LogP contribution in [-0.2, 0) is 6.42 Å². The van der Waals surface area contributed by atoms with Crippen molar-refractivity contribution in [3.63, 3.8) is 0 Å². The second kappa shape index (κ2) is 5.90. The minimum absolute atomic E-state index is 0.191. The van der Waals surface area contributed by atoms with Gasteiger partial charge in [0, 0.05) is 24.8 Å². The number of nitrogens with zero attached hydrogens (tertiary/aromatic N) is 3. The molecule has 1 aromatic heterocycles. The molecule has 4 nitrogen and oxygen atoms in total. The molecule has 0 spiro atoms. The van der Waals surface area contributed by atoms with Crippen LogP contribution in [0.2, 0.25) is 0 Å². The highest BCUT2D eigenvalue weighted by molar-refractivity contribution is 5.57. The smallest absolute Gasteiger partial charge is 0.0951 e. The van der Waals surface area contributed by atoms with Crippen molar-refractivity contribution in [2.24, 2.45) is 5.73 Å². The normalized spacial score (nSPS) is 16.1. The van der Waals surface area contributed by atoms with E-state index in [0.717, 1.165) is 13.0 Å². The van der Waals surface area contributed by atoms with Gasteiger partial charge < -0.3 is 15.2 Å². The van der Waals surface area contributed by atoms with E-state index < -0.39 is 0 Å². The van der Waals surface area contributed by atoms with E-state index in [1.165, 1.54) is 23.4 Å². The third-order valence-corrected chi connectivity index (χ3v) is 4.34. The maximum absolute atomic E-state index is 6.14. The van der Waals surface area contributed by atoms with Gasteiger partial charge in [0.1, 0.15) is 0 Å². The zero-order valence-electron chi connectivity index (χ0n) is 12.9. The van der Waals surface area contributed by atoms with E-state index in [4.69, 9.17) is 5.73 Å². The number of aryl methyl sites for hydroxylation is 1. The van der Waals surface area contributed by atoms with Crippen molar-refractivity contribution in [2.45, 2.75) is 38.8 Å². The lowest BCUT2D eigenvalue weighted by Crippen LogP contribution is -2.38. The van der Waals surface area contributed by atoms with Crippen LogP contribution in [0.3, 0.4) is 0 Å². The van der Waals surface area contributed by atoms with Gasteiger partial charge in [-0.05, 0) is 38.3 Å². The summed E-state index contributed by atoms with van der Waals surface area (Å²) in [5.74, 6) is 0. The minimum atomic E-state index is 0.191. The van der Waals surface area contributed by atoms with Crippen molar-refractivity contribution in [3.8, 4) is 0 Å². The van der Waals surface area contributed by atoms with Crippen LogP contribution in [0.25, 0.3) is 0 Å². The summed E-state index contributed by atoms with van der Waals surface area (Å²) < 4.78 is 2.23. The first-order valence-electron chi connectivity index (χ1n) is 7.78. The quantitative estimate of drug-likeness (QED) is 0.939. The number of nitrogens with two attached hydrogens (primary N) is 1. The van der Waals surface area contributed by atoms with Crippen molar-refractivity contribution in [2.75, 3.05) is 18.0 Å². The second-order valence-corrected chi connectivity index (χ2v) is 6.00. The second-order valence-electron chi connectivity index (χ2n) is 6.00. The summed E-state index contributed by atoms with van der Waals surface area (Å²) in [6, 6.07) is 9.28. The fourth-order valence-electron chi connectivity index (χ4n) is 3.30. The first kappa shape index (κ1) is 14.1. The van der Waals surface area contributed by atoms with Gasteiger partial charge in [-0.3, -0.25) is 0 Å². The lowest BCUT2D eigenvalue weighted by molar-refractivity contribution is 0.510. The first-order valence-corrected chi connectivity index (χ1v) is 7.78. The molecule has 0 saturated carbocycles. The standard InChI is InChI=1S/C17H24N4/c1-13(2)21-12-19-11-17(21)16(10-18)20-9-5-7-14-6-3-4-8-15(14)20/h3-4,6,8,11-13,16H,5,7,9-10,18H2,1-2H3. The van der Waals surface area contributed by atoms with Gasteiger partial charge in [-0.2, -0.15) is 0 Å². The van der Waals surface area contributed by atoms with Crippen LogP contribution in [0.5, 0.6) is 0 Å². The summed E-state index contributed by atoms with van der Waals surface area (Å²) in [6.07, 6.45) is 6.23. The molecule has 4 heteroatoms. The molecule has 0 fully saturated rings. The first-order chi connectivity index (χ1) is 10.2. The Morgan fingerprint density at radius 3 is 2.86 bits per heavy atom. The van der Waals surface area contributed by atoms with E-state index in [2.05, 4.69) is 52.6 Å². The molecule has 21 heavy (non-hydrogen) atoms. The van der Waals surface area contributed by atoms with Crippen LogP contribution in [0.1, 0.15) is 43.6 Å². The Morgan fingerprint density at radius 2 is 2.10 bits per heavy atom. The van der Waals surface area contributed by atoms with Gasteiger partial charge in [0.15, 0.2) is 0 Å². The third-order valence-electron chi connectivity index (χ3n) is 4.34. The number of hydrogen-bond acceptors (Lipinski definition) is 3. The Bertz CT molecular complexity index is 602. The summed E-state index contributed by atoms with van der Waals surface area (Å²) in [4.78, 5) is 6.80. The van der Waals surface area contributed by atoms with Crippen molar-refractivity contribution >= 4 is 5.69 Å². The molecule has 1 atom stereocenters. The molecule has 0 amide bonds. The molecule has 0 saturated heterocycles. The molecule has 2 aromatic rings. The molecular weight excluding hydrogens is 260 g/mol. The number of hydrogen-bond donors (Lipinski definition) is 1. The van der Waals surface area contributed by atoms with Gasteiger partial charge in [-0.1, -0.05) is 18.2 Å². The van der Waals surface area contributed by atoms with Crippen molar-refractivity contribution in [1.82, 2.24) is 9.55 Å². The van der Waals surface area contributed by atoms with Gasteiger partial charge >= 0.3 is 0 Å². The maximum Gasteiger partial charge on any atom is 0.0951 e. The van der Waals surface area contributed by atoms with E-state index in [0.29, 0.717) is 12.6 Å². The highest BCUT2D eigenvalue weighted by Crippen LogP contribution is 2.34. The highest BCUT2D eigenvalue weighted by Gasteiger charge is 2.26. The van der Waals surface area contributed by atoms with Crippen LogP contribution >= 0.6 is 0 Å². The van der Waals surface area contributed by atoms with Crippen molar-refractivity contribution in [3.05, 3.63) is 48.0 Å². The molecule has 112 valence electrons. The van der Waals surface area contributed by atoms with Gasteiger partial charge in [0.25, 0.3) is 0 Å². The molecule has 1 aliphatic heterocycles. The SMILES string of the molecule is CC(C)n1cncc1C(CN)N1CCCc2ccccc21. The molecule has 0 radical (unpaired) electrons. The average Bonchev–Trinajstić information content (AvgIpc) is 2.98. The Labute approximate surface area is 126 Å². The summed E-state index contributed by atoms with van der Waals surface area (Å²) >= 11 is 0. The zero-order chi connectivity index (χ0) is 14.8. The number of fused-ring (bicyclic) bond motifs is 1. The maximum atomic E-state index is 6.14. The molecule has 2 N–H and O–H groups in total.